The average Bonchev–Trinajstić information content (AvgIpc) is 3.14. The van der Waals surface area contributed by atoms with Gasteiger partial charge in [-0.2, -0.15) is 18.3 Å². The maximum Gasteiger partial charge on any atom is 0.437 e. The largest absolute Gasteiger partial charge is 0.437 e. The molecule has 1 saturated carbocycles. The molecule has 11 heteroatoms. The van der Waals surface area contributed by atoms with Crippen LogP contribution in [0.15, 0.2) is 48.5 Å². The number of hydrogen-bond donors (Lipinski definition) is 2. The molecule has 0 bridgehead atoms. The quantitative estimate of drug-likeness (QED) is 0.322. The smallest absolute Gasteiger partial charge is 0.366 e. The number of aromatic nitrogens is 3. The van der Waals surface area contributed by atoms with Gasteiger partial charge in [-0.25, -0.2) is 9.37 Å². The Labute approximate surface area is 214 Å². The minimum absolute atomic E-state index is 0.0414. The summed E-state index contributed by atoms with van der Waals surface area (Å²) < 4.78 is 57.2. The highest BCUT2D eigenvalue weighted by Crippen LogP contribution is 2.38. The summed E-state index contributed by atoms with van der Waals surface area (Å²) in [6.07, 6.45) is -1.39. The van der Waals surface area contributed by atoms with E-state index in [0.717, 1.165) is 30.5 Å². The predicted molar refractivity (Wildman–Crippen MR) is 132 cm³/mol. The molecule has 1 aliphatic carbocycles. The number of hydrogen-bond acceptors (Lipinski definition) is 4. The number of primary amides is 1. The van der Waals surface area contributed by atoms with Crippen molar-refractivity contribution in [2.45, 2.75) is 44.8 Å². The van der Waals surface area contributed by atoms with Crippen molar-refractivity contribution in [1.82, 2.24) is 14.8 Å². The summed E-state index contributed by atoms with van der Waals surface area (Å²) in [5, 5.41) is 5.81. The SMILES string of the molecule is Cc1c(NC(=O)c2cc(C(N)=O)c3c(F)cccc3n2)c(C(F)(F)F)nn1Cc1ccc(C2CCC2)cc1. The van der Waals surface area contributed by atoms with E-state index in [1.54, 1.807) is 0 Å². The normalized spacial score (nSPS) is 13.9. The van der Waals surface area contributed by atoms with Crippen LogP contribution in [0.5, 0.6) is 0 Å². The van der Waals surface area contributed by atoms with Crippen molar-refractivity contribution in [3.05, 3.63) is 88.1 Å². The Bertz CT molecular complexity index is 1560. The zero-order valence-electron chi connectivity index (χ0n) is 20.3. The van der Waals surface area contributed by atoms with Crippen LogP contribution < -0.4 is 11.1 Å². The summed E-state index contributed by atoms with van der Waals surface area (Å²) >= 11 is 0. The van der Waals surface area contributed by atoms with E-state index in [1.165, 1.54) is 35.7 Å². The van der Waals surface area contributed by atoms with Crippen molar-refractivity contribution in [2.75, 3.05) is 5.32 Å². The Kier molecular flexibility index (Phi) is 6.38. The summed E-state index contributed by atoms with van der Waals surface area (Å²) in [5.74, 6) is -2.28. The van der Waals surface area contributed by atoms with Crippen LogP contribution in [0.3, 0.4) is 0 Å². The molecule has 0 aliphatic heterocycles. The topological polar surface area (TPSA) is 103 Å². The first-order chi connectivity index (χ1) is 18.0. The molecule has 0 unspecified atom stereocenters. The van der Waals surface area contributed by atoms with Gasteiger partial charge in [0.2, 0.25) is 5.91 Å². The zero-order valence-corrected chi connectivity index (χ0v) is 20.3. The van der Waals surface area contributed by atoms with Crippen LogP contribution in [-0.4, -0.2) is 26.6 Å². The van der Waals surface area contributed by atoms with Crippen molar-refractivity contribution >= 4 is 28.4 Å². The number of nitrogens with one attached hydrogen (secondary N) is 1. The fourth-order valence-corrected chi connectivity index (χ4v) is 4.59. The van der Waals surface area contributed by atoms with Gasteiger partial charge in [0.15, 0.2) is 5.69 Å². The van der Waals surface area contributed by atoms with E-state index in [-0.39, 0.29) is 28.7 Å². The number of anilines is 1. The Morgan fingerprint density at radius 2 is 1.84 bits per heavy atom. The third-order valence-electron chi connectivity index (χ3n) is 6.88. The van der Waals surface area contributed by atoms with Crippen LogP contribution >= 0.6 is 0 Å². The number of pyridine rings is 1. The van der Waals surface area contributed by atoms with Crippen molar-refractivity contribution in [2.24, 2.45) is 5.73 Å². The van der Waals surface area contributed by atoms with Gasteiger partial charge in [0.1, 0.15) is 11.5 Å². The van der Waals surface area contributed by atoms with Crippen LogP contribution in [0.4, 0.5) is 23.2 Å². The summed E-state index contributed by atoms with van der Waals surface area (Å²) in [5.41, 5.74) is 4.85. The number of carbonyl (C=O) groups is 2. The maximum absolute atomic E-state index is 14.3. The second kappa shape index (κ2) is 9.55. The van der Waals surface area contributed by atoms with Gasteiger partial charge in [0.25, 0.3) is 5.91 Å². The van der Waals surface area contributed by atoms with Crippen LogP contribution in [0.25, 0.3) is 10.9 Å². The van der Waals surface area contributed by atoms with Gasteiger partial charge in [0.05, 0.1) is 29.0 Å². The second-order valence-electron chi connectivity index (χ2n) is 9.34. The Balaban J connectivity index is 1.47. The molecule has 0 saturated heterocycles. The van der Waals surface area contributed by atoms with Crippen molar-refractivity contribution in [3.8, 4) is 0 Å². The Morgan fingerprint density at radius 1 is 1.13 bits per heavy atom. The van der Waals surface area contributed by atoms with E-state index in [2.05, 4.69) is 15.4 Å². The molecule has 38 heavy (non-hydrogen) atoms. The first kappa shape index (κ1) is 25.4. The highest BCUT2D eigenvalue weighted by Gasteiger charge is 2.39. The first-order valence-electron chi connectivity index (χ1n) is 12.0. The molecule has 1 fully saturated rings. The van der Waals surface area contributed by atoms with E-state index in [9.17, 15) is 27.2 Å². The summed E-state index contributed by atoms with van der Waals surface area (Å²) in [6, 6.07) is 12.4. The maximum atomic E-state index is 14.3. The van der Waals surface area contributed by atoms with E-state index in [4.69, 9.17) is 5.73 Å². The Morgan fingerprint density at radius 3 is 2.45 bits per heavy atom. The van der Waals surface area contributed by atoms with E-state index < -0.39 is 40.9 Å². The number of nitrogens with zero attached hydrogens (tertiary/aromatic N) is 3. The molecule has 2 heterocycles. The molecule has 0 radical (unpaired) electrons. The third-order valence-corrected chi connectivity index (χ3v) is 6.88. The number of alkyl halides is 3. The second-order valence-corrected chi connectivity index (χ2v) is 9.34. The van der Waals surface area contributed by atoms with Gasteiger partial charge < -0.3 is 11.1 Å². The van der Waals surface area contributed by atoms with Crippen molar-refractivity contribution in [1.29, 1.82) is 0 Å². The number of halogens is 4. The molecule has 3 N–H and O–H groups in total. The number of amides is 2. The highest BCUT2D eigenvalue weighted by molar-refractivity contribution is 6.10. The van der Waals surface area contributed by atoms with Gasteiger partial charge in [-0.05, 0) is 55.0 Å². The van der Waals surface area contributed by atoms with E-state index in [1.807, 2.05) is 24.3 Å². The molecule has 4 aromatic rings. The molecule has 2 aromatic heterocycles. The lowest BCUT2D eigenvalue weighted by Gasteiger charge is -2.25. The third kappa shape index (κ3) is 4.71. The van der Waals surface area contributed by atoms with E-state index >= 15 is 0 Å². The number of nitrogens with two attached hydrogens (primary N) is 1. The molecule has 2 aromatic carbocycles. The lowest BCUT2D eigenvalue weighted by Crippen LogP contribution is -2.20. The molecule has 2 amide bonds. The van der Waals surface area contributed by atoms with Gasteiger partial charge in [-0.15, -0.1) is 0 Å². The number of fused-ring (bicyclic) bond motifs is 1. The molecular weight excluding hydrogens is 502 g/mol. The number of rotatable bonds is 6. The number of benzene rings is 2. The molecule has 0 spiro atoms. The van der Waals surface area contributed by atoms with Crippen LogP contribution in [0, 0.1) is 12.7 Å². The summed E-state index contributed by atoms with van der Waals surface area (Å²) in [6.45, 7) is 1.48. The molecule has 5 rings (SSSR count). The molecule has 196 valence electrons. The predicted octanol–water partition coefficient (Wildman–Crippen LogP) is 5.56. The van der Waals surface area contributed by atoms with Crippen molar-refractivity contribution in [3.63, 3.8) is 0 Å². The molecular formula is C27H23F4N5O2. The first-order valence-corrected chi connectivity index (χ1v) is 12.0. The lowest BCUT2D eigenvalue weighted by molar-refractivity contribution is -0.140. The highest BCUT2D eigenvalue weighted by atomic mass is 19.4. The van der Waals surface area contributed by atoms with Crippen molar-refractivity contribution < 1.29 is 27.2 Å². The zero-order chi connectivity index (χ0) is 27.2. The average molecular weight is 526 g/mol. The standard InChI is InChI=1S/C27H23F4N5O2/c1-14-23(34-26(38)21-12-18(25(32)37)22-19(28)6-3-7-20(22)33-21)24(27(29,30)31)35-36(14)13-15-8-10-17(11-9-15)16-4-2-5-16/h3,6-12,16H,2,4-5,13H2,1H3,(H2,32,37)(H,34,38). The van der Waals surface area contributed by atoms with Crippen LogP contribution in [0.1, 0.15) is 68.5 Å². The molecule has 1 aliphatic rings. The molecule has 7 nitrogen and oxygen atoms in total. The fraction of sp³-hybridized carbons (Fsp3) is 0.259. The monoisotopic (exact) mass is 525 g/mol. The fourth-order valence-electron chi connectivity index (χ4n) is 4.59. The molecule has 0 atom stereocenters. The lowest BCUT2D eigenvalue weighted by atomic mass is 9.80. The minimum Gasteiger partial charge on any atom is -0.366 e. The summed E-state index contributed by atoms with van der Waals surface area (Å²) in [7, 11) is 0. The van der Waals surface area contributed by atoms with Gasteiger partial charge >= 0.3 is 6.18 Å². The van der Waals surface area contributed by atoms with Gasteiger partial charge in [-0.1, -0.05) is 36.8 Å². The van der Waals surface area contributed by atoms with E-state index in [0.29, 0.717) is 5.92 Å². The van der Waals surface area contributed by atoms with Gasteiger partial charge in [-0.3, -0.25) is 14.3 Å². The Hall–Kier alpha value is -4.28. The van der Waals surface area contributed by atoms with Gasteiger partial charge in [0, 0.05) is 5.39 Å². The van der Waals surface area contributed by atoms with Crippen LogP contribution in [-0.2, 0) is 12.7 Å². The number of carbonyl (C=O) groups excluding carboxylic acids is 2. The summed E-state index contributed by atoms with van der Waals surface area (Å²) in [4.78, 5) is 29.0. The van der Waals surface area contributed by atoms with Crippen LogP contribution in [0.2, 0.25) is 0 Å². The minimum atomic E-state index is -4.86.